The van der Waals surface area contributed by atoms with E-state index in [9.17, 15) is 4.79 Å². The molecule has 2 aromatic carbocycles. The van der Waals surface area contributed by atoms with Gasteiger partial charge in [0.25, 0.3) is 5.91 Å². The molecular weight excluding hydrogens is 379 g/mol. The third-order valence-electron chi connectivity index (χ3n) is 3.57. The SMILES string of the molecule is COc1ccc(-c2nc(NC(=O)c3c(Cl)cccc3Cl)sc2C)cc1. The van der Waals surface area contributed by atoms with Crippen LogP contribution >= 0.6 is 34.5 Å². The van der Waals surface area contributed by atoms with Crippen LogP contribution in [0, 0.1) is 6.92 Å². The molecule has 1 heterocycles. The minimum absolute atomic E-state index is 0.240. The average molecular weight is 393 g/mol. The number of nitrogens with zero attached hydrogens (tertiary/aromatic N) is 1. The minimum atomic E-state index is -0.384. The summed E-state index contributed by atoms with van der Waals surface area (Å²) >= 11 is 13.5. The molecule has 0 bridgehead atoms. The molecule has 0 saturated carbocycles. The number of amides is 1. The van der Waals surface area contributed by atoms with Crippen molar-refractivity contribution in [3.8, 4) is 17.0 Å². The predicted octanol–water partition coefficient (Wildman–Crippen LogP) is 5.69. The number of anilines is 1. The van der Waals surface area contributed by atoms with Gasteiger partial charge in [0.1, 0.15) is 5.75 Å². The normalized spacial score (nSPS) is 10.6. The van der Waals surface area contributed by atoms with E-state index in [0.29, 0.717) is 15.2 Å². The van der Waals surface area contributed by atoms with E-state index in [4.69, 9.17) is 27.9 Å². The quantitative estimate of drug-likeness (QED) is 0.620. The van der Waals surface area contributed by atoms with Crippen molar-refractivity contribution in [2.24, 2.45) is 0 Å². The van der Waals surface area contributed by atoms with Crippen LogP contribution in [0.4, 0.5) is 5.13 Å². The average Bonchev–Trinajstić information content (AvgIpc) is 2.95. The summed E-state index contributed by atoms with van der Waals surface area (Å²) in [7, 11) is 1.62. The molecule has 0 fully saturated rings. The molecule has 3 aromatic rings. The smallest absolute Gasteiger partial charge is 0.260 e. The lowest BCUT2D eigenvalue weighted by Gasteiger charge is -2.06. The number of aryl methyl sites for hydroxylation is 1. The lowest BCUT2D eigenvalue weighted by atomic mass is 10.1. The van der Waals surface area contributed by atoms with Gasteiger partial charge in [-0.05, 0) is 43.3 Å². The molecule has 0 aliphatic heterocycles. The first-order chi connectivity index (χ1) is 12.0. The molecule has 1 N–H and O–H groups in total. The van der Waals surface area contributed by atoms with E-state index < -0.39 is 0 Å². The first-order valence-corrected chi connectivity index (χ1v) is 8.94. The fraction of sp³-hybridized carbons (Fsp3) is 0.111. The Morgan fingerprint density at radius 3 is 2.36 bits per heavy atom. The van der Waals surface area contributed by atoms with Gasteiger partial charge in [-0.25, -0.2) is 4.98 Å². The van der Waals surface area contributed by atoms with E-state index in [2.05, 4.69) is 10.3 Å². The lowest BCUT2D eigenvalue weighted by Crippen LogP contribution is -2.12. The van der Waals surface area contributed by atoms with Crippen molar-refractivity contribution in [3.05, 3.63) is 63.0 Å². The molecule has 0 radical (unpaired) electrons. The number of rotatable bonds is 4. The number of aromatic nitrogens is 1. The van der Waals surface area contributed by atoms with Gasteiger partial charge in [0.15, 0.2) is 5.13 Å². The van der Waals surface area contributed by atoms with Crippen LogP contribution in [0.1, 0.15) is 15.2 Å². The van der Waals surface area contributed by atoms with Gasteiger partial charge in [-0.2, -0.15) is 0 Å². The minimum Gasteiger partial charge on any atom is -0.497 e. The third kappa shape index (κ3) is 3.79. The van der Waals surface area contributed by atoms with E-state index in [-0.39, 0.29) is 11.5 Å². The summed E-state index contributed by atoms with van der Waals surface area (Å²) in [6, 6.07) is 12.5. The molecule has 0 spiro atoms. The number of carbonyl (C=O) groups is 1. The molecule has 3 rings (SSSR count). The number of benzene rings is 2. The van der Waals surface area contributed by atoms with Crippen LogP contribution in [0.2, 0.25) is 10.0 Å². The molecule has 4 nitrogen and oxygen atoms in total. The molecule has 0 aliphatic rings. The fourth-order valence-electron chi connectivity index (χ4n) is 2.34. The summed E-state index contributed by atoms with van der Waals surface area (Å²) in [6.07, 6.45) is 0. The van der Waals surface area contributed by atoms with Crippen molar-refractivity contribution >= 4 is 45.6 Å². The second-order valence-corrected chi connectivity index (χ2v) is 7.22. The summed E-state index contributed by atoms with van der Waals surface area (Å²) in [5.41, 5.74) is 2.00. The molecule has 0 saturated heterocycles. The second-order valence-electron chi connectivity index (χ2n) is 5.20. The Bertz CT molecular complexity index is 903. The van der Waals surface area contributed by atoms with Gasteiger partial charge in [-0.15, -0.1) is 11.3 Å². The van der Waals surface area contributed by atoms with E-state index in [1.165, 1.54) is 11.3 Å². The number of hydrogen-bond donors (Lipinski definition) is 1. The van der Waals surface area contributed by atoms with Crippen molar-refractivity contribution in [1.82, 2.24) is 4.98 Å². The van der Waals surface area contributed by atoms with Crippen molar-refractivity contribution in [3.63, 3.8) is 0 Å². The Kier molecular flexibility index (Phi) is 5.27. The number of halogens is 2. The molecule has 1 amide bonds. The molecule has 25 heavy (non-hydrogen) atoms. The molecule has 0 atom stereocenters. The molecule has 0 unspecified atom stereocenters. The zero-order chi connectivity index (χ0) is 18.0. The Hall–Kier alpha value is -2.08. The Morgan fingerprint density at radius 2 is 1.76 bits per heavy atom. The maximum absolute atomic E-state index is 12.5. The highest BCUT2D eigenvalue weighted by molar-refractivity contribution is 7.16. The first kappa shape index (κ1) is 17.7. The van der Waals surface area contributed by atoms with Gasteiger partial charge in [0.2, 0.25) is 0 Å². The highest BCUT2D eigenvalue weighted by Gasteiger charge is 2.17. The van der Waals surface area contributed by atoms with E-state index >= 15 is 0 Å². The zero-order valence-electron chi connectivity index (χ0n) is 13.5. The lowest BCUT2D eigenvalue weighted by molar-refractivity contribution is 0.102. The second kappa shape index (κ2) is 7.44. The summed E-state index contributed by atoms with van der Waals surface area (Å²) in [6.45, 7) is 1.95. The predicted molar refractivity (Wildman–Crippen MR) is 103 cm³/mol. The largest absolute Gasteiger partial charge is 0.497 e. The van der Waals surface area contributed by atoms with Gasteiger partial charge >= 0.3 is 0 Å². The molecule has 0 aliphatic carbocycles. The molecule has 1 aromatic heterocycles. The van der Waals surface area contributed by atoms with Crippen LogP contribution < -0.4 is 10.1 Å². The van der Waals surface area contributed by atoms with E-state index in [0.717, 1.165) is 21.9 Å². The van der Waals surface area contributed by atoms with Gasteiger partial charge in [0, 0.05) is 10.4 Å². The molecule has 128 valence electrons. The first-order valence-electron chi connectivity index (χ1n) is 7.37. The van der Waals surface area contributed by atoms with Crippen molar-refractivity contribution in [1.29, 1.82) is 0 Å². The standard InChI is InChI=1S/C18H14Cl2N2O2S/c1-10-16(11-6-8-12(24-2)9-7-11)21-18(25-10)22-17(23)15-13(19)4-3-5-14(15)20/h3-9H,1-2H3,(H,21,22,23). The number of ether oxygens (including phenoxy) is 1. The van der Waals surface area contributed by atoms with E-state index in [1.54, 1.807) is 25.3 Å². The maximum atomic E-state index is 12.5. The van der Waals surface area contributed by atoms with Crippen LogP contribution in [0.25, 0.3) is 11.3 Å². The Balaban J connectivity index is 1.86. The maximum Gasteiger partial charge on any atom is 0.260 e. The Morgan fingerprint density at radius 1 is 1.12 bits per heavy atom. The van der Waals surface area contributed by atoms with Gasteiger partial charge in [0.05, 0.1) is 28.4 Å². The van der Waals surface area contributed by atoms with Crippen LogP contribution in [-0.2, 0) is 0 Å². The highest BCUT2D eigenvalue weighted by Crippen LogP contribution is 2.32. The summed E-state index contributed by atoms with van der Waals surface area (Å²) in [4.78, 5) is 18.0. The Labute approximate surface area is 159 Å². The highest BCUT2D eigenvalue weighted by atomic mass is 35.5. The summed E-state index contributed by atoms with van der Waals surface area (Å²) in [5, 5.41) is 3.86. The fourth-order valence-corrected chi connectivity index (χ4v) is 3.74. The number of thiazole rings is 1. The van der Waals surface area contributed by atoms with E-state index in [1.807, 2.05) is 31.2 Å². The molecule has 7 heteroatoms. The number of hydrogen-bond acceptors (Lipinski definition) is 4. The van der Waals surface area contributed by atoms with Gasteiger partial charge < -0.3 is 4.74 Å². The number of methoxy groups -OCH3 is 1. The monoisotopic (exact) mass is 392 g/mol. The molecular formula is C18H14Cl2N2O2S. The van der Waals surface area contributed by atoms with Crippen molar-refractivity contribution < 1.29 is 9.53 Å². The number of carbonyl (C=O) groups excluding carboxylic acids is 1. The van der Waals surface area contributed by atoms with Gasteiger partial charge in [-0.1, -0.05) is 29.3 Å². The third-order valence-corrected chi connectivity index (χ3v) is 5.09. The number of nitrogens with one attached hydrogen (secondary N) is 1. The van der Waals surface area contributed by atoms with Crippen molar-refractivity contribution in [2.45, 2.75) is 6.92 Å². The zero-order valence-corrected chi connectivity index (χ0v) is 15.8. The van der Waals surface area contributed by atoms with Crippen LogP contribution in [-0.4, -0.2) is 18.0 Å². The van der Waals surface area contributed by atoms with Crippen LogP contribution in [0.15, 0.2) is 42.5 Å². The summed E-state index contributed by atoms with van der Waals surface area (Å²) < 4.78 is 5.16. The van der Waals surface area contributed by atoms with Crippen LogP contribution in [0.3, 0.4) is 0 Å². The van der Waals surface area contributed by atoms with Crippen molar-refractivity contribution in [2.75, 3.05) is 12.4 Å². The van der Waals surface area contributed by atoms with Crippen LogP contribution in [0.5, 0.6) is 5.75 Å². The summed E-state index contributed by atoms with van der Waals surface area (Å²) in [5.74, 6) is 0.393. The van der Waals surface area contributed by atoms with Gasteiger partial charge in [-0.3, -0.25) is 10.1 Å². The topological polar surface area (TPSA) is 51.2 Å².